The lowest BCUT2D eigenvalue weighted by molar-refractivity contribution is 0.528. The molecule has 0 saturated carbocycles. The lowest BCUT2D eigenvalue weighted by Crippen LogP contribution is -2.23. The van der Waals surface area contributed by atoms with E-state index in [1.165, 1.54) is 11.1 Å². The smallest absolute Gasteiger partial charge is 0.0537 e. The zero-order valence-corrected chi connectivity index (χ0v) is 11.0. The molecule has 0 aliphatic heterocycles. The molecule has 18 heavy (non-hydrogen) atoms. The summed E-state index contributed by atoms with van der Waals surface area (Å²) in [6.45, 7) is 3.19. The standard InChI is InChI=1S/C14H20N4/c1-3-6-16-14(13-10-17-18(2)11-13)8-12-5-4-7-15-9-12/h4-5,7,9-11,14,16H,3,6,8H2,1-2H3. The summed E-state index contributed by atoms with van der Waals surface area (Å²) in [4.78, 5) is 4.17. The van der Waals surface area contributed by atoms with Crippen LogP contribution in [-0.4, -0.2) is 21.3 Å². The minimum absolute atomic E-state index is 0.308. The Morgan fingerprint density at radius 1 is 1.39 bits per heavy atom. The summed E-state index contributed by atoms with van der Waals surface area (Å²) in [5.74, 6) is 0. The Balaban J connectivity index is 2.10. The fraction of sp³-hybridized carbons (Fsp3) is 0.429. The lowest BCUT2D eigenvalue weighted by atomic mass is 10.0. The molecular weight excluding hydrogens is 224 g/mol. The molecule has 0 saturated heterocycles. The molecule has 0 aromatic carbocycles. The molecule has 2 aromatic heterocycles. The number of aryl methyl sites for hydroxylation is 1. The second-order valence-corrected chi connectivity index (χ2v) is 4.52. The number of nitrogens with one attached hydrogen (secondary N) is 1. The van der Waals surface area contributed by atoms with Gasteiger partial charge in [0.1, 0.15) is 0 Å². The van der Waals surface area contributed by atoms with Crippen LogP contribution in [0.4, 0.5) is 0 Å². The maximum absolute atomic E-state index is 4.25. The molecule has 0 spiro atoms. The first-order valence-electron chi connectivity index (χ1n) is 6.40. The van der Waals surface area contributed by atoms with E-state index in [0.717, 1.165) is 19.4 Å². The van der Waals surface area contributed by atoms with Gasteiger partial charge < -0.3 is 5.32 Å². The molecule has 4 heteroatoms. The predicted octanol–water partition coefficient (Wildman–Crippen LogP) is 2.10. The summed E-state index contributed by atoms with van der Waals surface area (Å²) < 4.78 is 1.85. The highest BCUT2D eigenvalue weighted by Crippen LogP contribution is 2.17. The predicted molar refractivity (Wildman–Crippen MR) is 72.2 cm³/mol. The van der Waals surface area contributed by atoms with Crippen molar-refractivity contribution in [1.82, 2.24) is 20.1 Å². The van der Waals surface area contributed by atoms with Crippen LogP contribution in [0.3, 0.4) is 0 Å². The van der Waals surface area contributed by atoms with Crippen LogP contribution in [0.1, 0.15) is 30.5 Å². The molecule has 2 aromatic rings. The Morgan fingerprint density at radius 3 is 2.89 bits per heavy atom. The summed E-state index contributed by atoms with van der Waals surface area (Å²) in [6, 6.07) is 4.40. The van der Waals surface area contributed by atoms with Crippen molar-refractivity contribution in [2.45, 2.75) is 25.8 Å². The number of hydrogen-bond acceptors (Lipinski definition) is 3. The highest BCUT2D eigenvalue weighted by Gasteiger charge is 2.13. The Hall–Kier alpha value is -1.68. The van der Waals surface area contributed by atoms with Crippen molar-refractivity contribution >= 4 is 0 Å². The van der Waals surface area contributed by atoms with Crippen LogP contribution < -0.4 is 5.32 Å². The van der Waals surface area contributed by atoms with Gasteiger partial charge in [0.05, 0.1) is 6.20 Å². The number of pyridine rings is 1. The number of nitrogens with zero attached hydrogens (tertiary/aromatic N) is 3. The second-order valence-electron chi connectivity index (χ2n) is 4.52. The summed E-state index contributed by atoms with van der Waals surface area (Å²) in [6.07, 6.45) is 9.82. The molecule has 96 valence electrons. The first-order chi connectivity index (χ1) is 8.79. The third-order valence-corrected chi connectivity index (χ3v) is 2.93. The largest absolute Gasteiger partial charge is 0.310 e. The quantitative estimate of drug-likeness (QED) is 0.846. The normalized spacial score (nSPS) is 12.6. The Morgan fingerprint density at radius 2 is 2.28 bits per heavy atom. The average Bonchev–Trinajstić information content (AvgIpc) is 2.82. The van der Waals surface area contributed by atoms with Gasteiger partial charge in [-0.15, -0.1) is 0 Å². The molecule has 1 N–H and O–H groups in total. The minimum Gasteiger partial charge on any atom is -0.310 e. The Labute approximate surface area is 108 Å². The van der Waals surface area contributed by atoms with Crippen molar-refractivity contribution in [1.29, 1.82) is 0 Å². The molecule has 1 unspecified atom stereocenters. The fourth-order valence-electron chi connectivity index (χ4n) is 2.00. The van der Waals surface area contributed by atoms with Gasteiger partial charge in [-0.1, -0.05) is 13.0 Å². The van der Waals surface area contributed by atoms with Crippen LogP contribution >= 0.6 is 0 Å². The number of aromatic nitrogens is 3. The molecule has 0 amide bonds. The van der Waals surface area contributed by atoms with Crippen molar-refractivity contribution in [3.8, 4) is 0 Å². The van der Waals surface area contributed by atoms with Crippen LogP contribution in [0.2, 0.25) is 0 Å². The molecule has 0 bridgehead atoms. The first-order valence-corrected chi connectivity index (χ1v) is 6.40. The maximum Gasteiger partial charge on any atom is 0.0537 e. The molecule has 0 aliphatic rings. The Kier molecular flexibility index (Phi) is 4.47. The van der Waals surface area contributed by atoms with Crippen molar-refractivity contribution in [3.63, 3.8) is 0 Å². The van der Waals surface area contributed by atoms with Crippen LogP contribution in [0.5, 0.6) is 0 Å². The van der Waals surface area contributed by atoms with Gasteiger partial charge in [-0.2, -0.15) is 5.10 Å². The lowest BCUT2D eigenvalue weighted by Gasteiger charge is -2.17. The van der Waals surface area contributed by atoms with Gasteiger partial charge in [0, 0.05) is 37.2 Å². The minimum atomic E-state index is 0.308. The van der Waals surface area contributed by atoms with E-state index < -0.39 is 0 Å². The van der Waals surface area contributed by atoms with Crippen LogP contribution in [0, 0.1) is 0 Å². The van der Waals surface area contributed by atoms with E-state index in [4.69, 9.17) is 0 Å². The van der Waals surface area contributed by atoms with Gasteiger partial charge in [-0.3, -0.25) is 9.67 Å². The highest BCUT2D eigenvalue weighted by atomic mass is 15.2. The van der Waals surface area contributed by atoms with Gasteiger partial charge in [0.15, 0.2) is 0 Å². The number of rotatable bonds is 6. The molecular formula is C14H20N4. The van der Waals surface area contributed by atoms with Gasteiger partial charge in [-0.05, 0) is 31.0 Å². The highest BCUT2D eigenvalue weighted by molar-refractivity contribution is 5.17. The summed E-state index contributed by atoms with van der Waals surface area (Å²) in [5, 5.41) is 7.81. The molecule has 1 atom stereocenters. The van der Waals surface area contributed by atoms with Crippen molar-refractivity contribution in [2.75, 3.05) is 6.54 Å². The molecule has 0 aliphatic carbocycles. The van der Waals surface area contributed by atoms with E-state index >= 15 is 0 Å². The van der Waals surface area contributed by atoms with Crippen LogP contribution in [0.25, 0.3) is 0 Å². The van der Waals surface area contributed by atoms with Gasteiger partial charge in [0.25, 0.3) is 0 Å². The van der Waals surface area contributed by atoms with E-state index in [-0.39, 0.29) is 0 Å². The SMILES string of the molecule is CCCNC(Cc1cccnc1)c1cnn(C)c1. The average molecular weight is 244 g/mol. The van der Waals surface area contributed by atoms with E-state index in [9.17, 15) is 0 Å². The summed E-state index contributed by atoms with van der Waals surface area (Å²) in [7, 11) is 1.95. The van der Waals surface area contributed by atoms with E-state index in [1.807, 2.05) is 36.4 Å². The summed E-state index contributed by atoms with van der Waals surface area (Å²) in [5.41, 5.74) is 2.48. The zero-order valence-electron chi connectivity index (χ0n) is 11.0. The van der Waals surface area contributed by atoms with Crippen molar-refractivity contribution in [3.05, 3.63) is 48.0 Å². The maximum atomic E-state index is 4.25. The molecule has 2 rings (SSSR count). The molecule has 2 heterocycles. The van der Waals surface area contributed by atoms with Gasteiger partial charge in [-0.25, -0.2) is 0 Å². The second kappa shape index (κ2) is 6.31. The molecule has 0 fully saturated rings. The fourth-order valence-corrected chi connectivity index (χ4v) is 2.00. The van der Waals surface area contributed by atoms with E-state index in [1.54, 1.807) is 0 Å². The van der Waals surface area contributed by atoms with Gasteiger partial charge >= 0.3 is 0 Å². The molecule has 0 radical (unpaired) electrons. The third kappa shape index (κ3) is 3.40. The van der Waals surface area contributed by atoms with Crippen molar-refractivity contribution < 1.29 is 0 Å². The van der Waals surface area contributed by atoms with Crippen molar-refractivity contribution in [2.24, 2.45) is 7.05 Å². The Bertz CT molecular complexity index is 464. The van der Waals surface area contributed by atoms with E-state index in [2.05, 4.69) is 34.6 Å². The number of hydrogen-bond donors (Lipinski definition) is 1. The zero-order chi connectivity index (χ0) is 12.8. The summed E-state index contributed by atoms with van der Waals surface area (Å²) >= 11 is 0. The van der Waals surface area contributed by atoms with Gasteiger partial charge in [0.2, 0.25) is 0 Å². The van der Waals surface area contributed by atoms with Crippen LogP contribution in [-0.2, 0) is 13.5 Å². The van der Waals surface area contributed by atoms with Crippen LogP contribution in [0.15, 0.2) is 36.9 Å². The topological polar surface area (TPSA) is 42.7 Å². The molecule has 4 nitrogen and oxygen atoms in total. The monoisotopic (exact) mass is 244 g/mol. The third-order valence-electron chi connectivity index (χ3n) is 2.93. The first kappa shape index (κ1) is 12.8. The van der Waals surface area contributed by atoms with E-state index in [0.29, 0.717) is 6.04 Å².